The standard InChI is InChI=1S/C14H26N4O/c1-17(10-13-16-7-9-18(13)2)8-5-12-4-3-6-14(12,19)11-15/h7,9,12,19H,3-6,8,10-11,15H2,1-2H3. The second-order valence-corrected chi connectivity index (χ2v) is 5.88. The van der Waals surface area contributed by atoms with Gasteiger partial charge < -0.3 is 15.4 Å². The predicted octanol–water partition coefficient (Wildman–Crippen LogP) is 0.732. The Morgan fingerprint density at radius 3 is 3.05 bits per heavy atom. The summed E-state index contributed by atoms with van der Waals surface area (Å²) < 4.78 is 2.04. The molecule has 108 valence electrons. The number of imidazole rings is 1. The molecule has 1 saturated carbocycles. The fourth-order valence-corrected chi connectivity index (χ4v) is 3.05. The van der Waals surface area contributed by atoms with E-state index in [1.54, 1.807) is 0 Å². The summed E-state index contributed by atoms with van der Waals surface area (Å²) in [6, 6.07) is 0. The van der Waals surface area contributed by atoms with Gasteiger partial charge in [0.15, 0.2) is 0 Å². The van der Waals surface area contributed by atoms with Crippen LogP contribution in [0.5, 0.6) is 0 Å². The van der Waals surface area contributed by atoms with Gasteiger partial charge in [0.05, 0.1) is 12.1 Å². The van der Waals surface area contributed by atoms with Crippen LogP contribution in [0.3, 0.4) is 0 Å². The van der Waals surface area contributed by atoms with Gasteiger partial charge in [-0.1, -0.05) is 6.42 Å². The number of aliphatic hydroxyl groups is 1. The van der Waals surface area contributed by atoms with Crippen molar-refractivity contribution >= 4 is 0 Å². The number of nitrogens with two attached hydrogens (primary N) is 1. The Bertz CT molecular complexity index is 406. The van der Waals surface area contributed by atoms with Crippen molar-refractivity contribution in [1.82, 2.24) is 14.5 Å². The van der Waals surface area contributed by atoms with Crippen LogP contribution in [-0.4, -0.2) is 45.3 Å². The largest absolute Gasteiger partial charge is 0.388 e. The third kappa shape index (κ3) is 3.35. The second-order valence-electron chi connectivity index (χ2n) is 5.88. The highest BCUT2D eigenvalue weighted by Gasteiger charge is 2.39. The van der Waals surface area contributed by atoms with E-state index in [0.29, 0.717) is 12.5 Å². The molecule has 2 rings (SSSR count). The maximum Gasteiger partial charge on any atom is 0.122 e. The minimum absolute atomic E-state index is 0.348. The Kier molecular flexibility index (Phi) is 4.60. The highest BCUT2D eigenvalue weighted by atomic mass is 16.3. The molecule has 0 spiro atoms. The zero-order valence-electron chi connectivity index (χ0n) is 12.0. The third-order valence-electron chi connectivity index (χ3n) is 4.47. The van der Waals surface area contributed by atoms with E-state index in [1.165, 1.54) is 0 Å². The topological polar surface area (TPSA) is 67.3 Å². The summed E-state index contributed by atoms with van der Waals surface area (Å²) in [5.41, 5.74) is 5.10. The average Bonchev–Trinajstić information content (AvgIpc) is 2.95. The molecule has 1 aliphatic rings. The normalized spacial score (nSPS) is 27.3. The first-order valence-electron chi connectivity index (χ1n) is 7.12. The van der Waals surface area contributed by atoms with Crippen molar-refractivity contribution in [2.24, 2.45) is 18.7 Å². The monoisotopic (exact) mass is 266 g/mol. The van der Waals surface area contributed by atoms with Crippen LogP contribution in [-0.2, 0) is 13.6 Å². The Morgan fingerprint density at radius 1 is 1.63 bits per heavy atom. The third-order valence-corrected chi connectivity index (χ3v) is 4.47. The molecule has 0 aliphatic heterocycles. The molecule has 1 aromatic rings. The molecule has 0 bridgehead atoms. The smallest absolute Gasteiger partial charge is 0.122 e. The molecule has 0 saturated heterocycles. The van der Waals surface area contributed by atoms with Crippen LogP contribution < -0.4 is 5.73 Å². The van der Waals surface area contributed by atoms with E-state index in [1.807, 2.05) is 24.0 Å². The Morgan fingerprint density at radius 2 is 2.42 bits per heavy atom. The van der Waals surface area contributed by atoms with E-state index in [-0.39, 0.29) is 0 Å². The van der Waals surface area contributed by atoms with Crippen molar-refractivity contribution in [3.63, 3.8) is 0 Å². The van der Waals surface area contributed by atoms with E-state index >= 15 is 0 Å². The van der Waals surface area contributed by atoms with Crippen molar-refractivity contribution < 1.29 is 5.11 Å². The van der Waals surface area contributed by atoms with Gasteiger partial charge in [-0.2, -0.15) is 0 Å². The summed E-state index contributed by atoms with van der Waals surface area (Å²) in [7, 11) is 4.12. The highest BCUT2D eigenvalue weighted by Crippen LogP contribution is 2.37. The molecule has 5 heteroatoms. The molecule has 0 amide bonds. The molecule has 5 nitrogen and oxygen atoms in total. The molecule has 2 atom stereocenters. The Labute approximate surface area is 115 Å². The molecule has 1 fully saturated rings. The first kappa shape index (κ1) is 14.5. The molecule has 1 aromatic heterocycles. The van der Waals surface area contributed by atoms with Crippen molar-refractivity contribution in [1.29, 1.82) is 0 Å². The predicted molar refractivity (Wildman–Crippen MR) is 75.5 cm³/mol. The Hall–Kier alpha value is -0.910. The summed E-state index contributed by atoms with van der Waals surface area (Å²) in [6.45, 7) is 2.21. The van der Waals surface area contributed by atoms with E-state index in [4.69, 9.17) is 5.73 Å². The fraction of sp³-hybridized carbons (Fsp3) is 0.786. The first-order valence-corrected chi connectivity index (χ1v) is 7.12. The van der Waals surface area contributed by atoms with E-state index in [0.717, 1.165) is 44.6 Å². The van der Waals surface area contributed by atoms with Gasteiger partial charge in [0.25, 0.3) is 0 Å². The quantitative estimate of drug-likeness (QED) is 0.796. The van der Waals surface area contributed by atoms with Crippen LogP contribution in [0.1, 0.15) is 31.5 Å². The average molecular weight is 266 g/mol. The lowest BCUT2D eigenvalue weighted by molar-refractivity contribution is 0.00507. The summed E-state index contributed by atoms with van der Waals surface area (Å²) in [5.74, 6) is 1.42. The van der Waals surface area contributed by atoms with E-state index in [9.17, 15) is 5.11 Å². The van der Waals surface area contributed by atoms with Gasteiger partial charge >= 0.3 is 0 Å². The minimum atomic E-state index is -0.621. The molecule has 0 aromatic carbocycles. The number of hydrogen-bond acceptors (Lipinski definition) is 4. The highest BCUT2D eigenvalue weighted by molar-refractivity contribution is 4.94. The van der Waals surface area contributed by atoms with Crippen LogP contribution in [0.15, 0.2) is 12.4 Å². The van der Waals surface area contributed by atoms with Crippen molar-refractivity contribution in [3.05, 3.63) is 18.2 Å². The first-order chi connectivity index (χ1) is 9.05. The van der Waals surface area contributed by atoms with E-state index < -0.39 is 5.60 Å². The van der Waals surface area contributed by atoms with Gasteiger partial charge in [0.2, 0.25) is 0 Å². The Balaban J connectivity index is 1.80. The number of aromatic nitrogens is 2. The number of hydrogen-bond donors (Lipinski definition) is 2. The molecule has 1 heterocycles. The lowest BCUT2D eigenvalue weighted by Gasteiger charge is -2.30. The SMILES string of the molecule is CN(CCC1CCCC1(O)CN)Cc1nccn1C. The zero-order valence-corrected chi connectivity index (χ0v) is 12.0. The number of rotatable bonds is 6. The lowest BCUT2D eigenvalue weighted by atomic mass is 9.88. The maximum absolute atomic E-state index is 10.4. The summed E-state index contributed by atoms with van der Waals surface area (Å²) in [4.78, 5) is 6.59. The molecule has 1 aliphatic carbocycles. The van der Waals surface area contributed by atoms with Crippen LogP contribution in [0.4, 0.5) is 0 Å². The summed E-state index contributed by atoms with van der Waals surface area (Å²) in [6.07, 6.45) is 7.86. The molecule has 0 radical (unpaired) electrons. The lowest BCUT2D eigenvalue weighted by Crippen LogP contribution is -2.42. The van der Waals surface area contributed by atoms with Crippen molar-refractivity contribution in [3.8, 4) is 0 Å². The van der Waals surface area contributed by atoms with E-state index in [2.05, 4.69) is 16.9 Å². The van der Waals surface area contributed by atoms with Crippen LogP contribution in [0, 0.1) is 5.92 Å². The minimum Gasteiger partial charge on any atom is -0.388 e. The van der Waals surface area contributed by atoms with Gasteiger partial charge in [-0.15, -0.1) is 0 Å². The molecule has 2 unspecified atom stereocenters. The van der Waals surface area contributed by atoms with Gasteiger partial charge in [0.1, 0.15) is 5.82 Å². The van der Waals surface area contributed by atoms with Crippen molar-refractivity contribution in [2.75, 3.05) is 20.1 Å². The van der Waals surface area contributed by atoms with Gasteiger partial charge in [-0.25, -0.2) is 4.98 Å². The van der Waals surface area contributed by atoms with Gasteiger partial charge in [-0.05, 0) is 38.8 Å². The van der Waals surface area contributed by atoms with Crippen molar-refractivity contribution in [2.45, 2.75) is 37.8 Å². The number of nitrogens with zero attached hydrogens (tertiary/aromatic N) is 3. The maximum atomic E-state index is 10.4. The zero-order chi connectivity index (χ0) is 13.9. The van der Waals surface area contributed by atoms with Crippen LogP contribution in [0.2, 0.25) is 0 Å². The van der Waals surface area contributed by atoms with Gasteiger partial charge in [0, 0.05) is 26.0 Å². The molecular formula is C14H26N4O. The summed E-state index contributed by atoms with van der Waals surface area (Å²) in [5, 5.41) is 10.4. The van der Waals surface area contributed by atoms with Crippen LogP contribution >= 0.6 is 0 Å². The second kappa shape index (κ2) is 6.03. The molecule has 3 N–H and O–H groups in total. The van der Waals surface area contributed by atoms with Crippen LogP contribution in [0.25, 0.3) is 0 Å². The molecular weight excluding hydrogens is 240 g/mol. The number of aryl methyl sites for hydroxylation is 1. The van der Waals surface area contributed by atoms with Gasteiger partial charge in [-0.3, -0.25) is 4.90 Å². The fourth-order valence-electron chi connectivity index (χ4n) is 3.05. The molecule has 19 heavy (non-hydrogen) atoms. The summed E-state index contributed by atoms with van der Waals surface area (Å²) >= 11 is 0.